The van der Waals surface area contributed by atoms with Gasteiger partial charge in [0, 0.05) is 7.11 Å². The first-order chi connectivity index (χ1) is 4.88. The minimum absolute atomic E-state index is 0.544. The van der Waals surface area contributed by atoms with Crippen molar-refractivity contribution in [2.75, 3.05) is 7.11 Å². The second-order valence-corrected chi connectivity index (χ2v) is 3.23. The minimum Gasteiger partial charge on any atom is -0.381 e. The van der Waals surface area contributed by atoms with Crippen LogP contribution in [0.3, 0.4) is 0 Å². The zero-order valence-corrected chi connectivity index (χ0v) is 7.10. The van der Waals surface area contributed by atoms with E-state index in [1.807, 2.05) is 7.11 Å². The van der Waals surface area contributed by atoms with Crippen molar-refractivity contribution in [3.63, 3.8) is 0 Å². The van der Waals surface area contributed by atoms with Crippen LogP contribution >= 0.6 is 0 Å². The van der Waals surface area contributed by atoms with E-state index in [0.29, 0.717) is 6.10 Å². The van der Waals surface area contributed by atoms with E-state index < -0.39 is 0 Å². The zero-order chi connectivity index (χ0) is 7.40. The van der Waals surface area contributed by atoms with Gasteiger partial charge < -0.3 is 4.74 Å². The van der Waals surface area contributed by atoms with E-state index in [0.717, 1.165) is 5.92 Å². The van der Waals surface area contributed by atoms with Crippen molar-refractivity contribution in [2.45, 2.75) is 45.1 Å². The van der Waals surface area contributed by atoms with E-state index in [9.17, 15) is 0 Å². The van der Waals surface area contributed by atoms with Crippen molar-refractivity contribution >= 4 is 0 Å². The quantitative estimate of drug-likeness (QED) is 0.588. The molecule has 0 N–H and O–H groups in total. The van der Waals surface area contributed by atoms with Crippen molar-refractivity contribution in [3.05, 3.63) is 0 Å². The molecule has 60 valence electrons. The molecule has 0 heterocycles. The average Bonchev–Trinajstić information content (AvgIpc) is 2.43. The van der Waals surface area contributed by atoms with Crippen LogP contribution in [0.5, 0.6) is 0 Å². The maximum Gasteiger partial charge on any atom is 0.0596 e. The minimum atomic E-state index is 0.544. The summed E-state index contributed by atoms with van der Waals surface area (Å²) in [4.78, 5) is 0. The Kier molecular flexibility index (Phi) is 3.20. The molecule has 0 amide bonds. The van der Waals surface area contributed by atoms with Crippen LogP contribution in [0.15, 0.2) is 0 Å². The Bertz CT molecular complexity index is 80.7. The fourth-order valence-electron chi connectivity index (χ4n) is 2.02. The van der Waals surface area contributed by atoms with Crippen molar-refractivity contribution in [1.29, 1.82) is 0 Å². The highest BCUT2D eigenvalue weighted by Gasteiger charge is 2.22. The summed E-state index contributed by atoms with van der Waals surface area (Å²) in [5.74, 6) is 0.870. The molecule has 0 bridgehead atoms. The van der Waals surface area contributed by atoms with Gasteiger partial charge in [-0.1, -0.05) is 19.8 Å². The van der Waals surface area contributed by atoms with Gasteiger partial charge in [-0.25, -0.2) is 0 Å². The van der Waals surface area contributed by atoms with Gasteiger partial charge in [0.05, 0.1) is 6.10 Å². The number of ether oxygens (including phenoxy) is 1. The molecule has 1 unspecified atom stereocenters. The van der Waals surface area contributed by atoms with E-state index in [-0.39, 0.29) is 0 Å². The van der Waals surface area contributed by atoms with Crippen LogP contribution in [0.4, 0.5) is 0 Å². The van der Waals surface area contributed by atoms with Gasteiger partial charge in [-0.15, -0.1) is 0 Å². The summed E-state index contributed by atoms with van der Waals surface area (Å²) >= 11 is 0. The lowest BCUT2D eigenvalue weighted by Gasteiger charge is -2.19. The van der Waals surface area contributed by atoms with Crippen LogP contribution in [-0.2, 0) is 4.74 Å². The maximum atomic E-state index is 5.38. The third-order valence-corrected chi connectivity index (χ3v) is 2.63. The molecule has 0 aliphatic heterocycles. The summed E-state index contributed by atoms with van der Waals surface area (Å²) in [6.45, 7) is 2.21. The number of hydrogen-bond donors (Lipinski definition) is 0. The molecule has 1 aliphatic carbocycles. The summed E-state index contributed by atoms with van der Waals surface area (Å²) in [6.07, 6.45) is 7.36. The lowest BCUT2D eigenvalue weighted by atomic mass is 9.99. The van der Waals surface area contributed by atoms with Gasteiger partial charge in [0.15, 0.2) is 0 Å². The van der Waals surface area contributed by atoms with Crippen molar-refractivity contribution in [3.8, 4) is 0 Å². The Labute approximate surface area is 63.8 Å². The molecule has 1 atom stereocenters. The molecule has 1 aliphatic rings. The standard InChI is InChI=1S/C9H18O/c1-3-9(10-2)8-6-4-5-7-8/h8-9H,3-7H2,1-2H3. The van der Waals surface area contributed by atoms with E-state index in [1.54, 1.807) is 0 Å². The third-order valence-electron chi connectivity index (χ3n) is 2.63. The second-order valence-electron chi connectivity index (χ2n) is 3.23. The average molecular weight is 142 g/mol. The number of rotatable bonds is 3. The van der Waals surface area contributed by atoms with Crippen LogP contribution < -0.4 is 0 Å². The van der Waals surface area contributed by atoms with Gasteiger partial charge >= 0.3 is 0 Å². The molecule has 1 rings (SSSR count). The topological polar surface area (TPSA) is 9.23 Å². The highest BCUT2D eigenvalue weighted by molar-refractivity contribution is 4.74. The van der Waals surface area contributed by atoms with Gasteiger partial charge in [0.2, 0.25) is 0 Å². The van der Waals surface area contributed by atoms with Crippen molar-refractivity contribution < 1.29 is 4.74 Å². The zero-order valence-electron chi connectivity index (χ0n) is 7.10. The van der Waals surface area contributed by atoms with Gasteiger partial charge in [-0.2, -0.15) is 0 Å². The Balaban J connectivity index is 2.29. The second kappa shape index (κ2) is 3.97. The molecule has 10 heavy (non-hydrogen) atoms. The monoisotopic (exact) mass is 142 g/mol. The Morgan fingerprint density at radius 3 is 2.40 bits per heavy atom. The first-order valence-corrected chi connectivity index (χ1v) is 4.41. The van der Waals surface area contributed by atoms with E-state index in [4.69, 9.17) is 4.74 Å². The maximum absolute atomic E-state index is 5.38. The largest absolute Gasteiger partial charge is 0.381 e. The Hall–Kier alpha value is -0.0400. The van der Waals surface area contributed by atoms with Gasteiger partial charge in [0.1, 0.15) is 0 Å². The van der Waals surface area contributed by atoms with Gasteiger partial charge in [-0.05, 0) is 25.2 Å². The van der Waals surface area contributed by atoms with Crippen LogP contribution in [-0.4, -0.2) is 13.2 Å². The van der Waals surface area contributed by atoms with Gasteiger partial charge in [0.25, 0.3) is 0 Å². The Morgan fingerprint density at radius 2 is 2.00 bits per heavy atom. The van der Waals surface area contributed by atoms with Crippen molar-refractivity contribution in [1.82, 2.24) is 0 Å². The van der Waals surface area contributed by atoms with E-state index >= 15 is 0 Å². The highest BCUT2D eigenvalue weighted by Crippen LogP contribution is 2.30. The fourth-order valence-corrected chi connectivity index (χ4v) is 2.02. The summed E-state index contributed by atoms with van der Waals surface area (Å²) in [7, 11) is 1.84. The lowest BCUT2D eigenvalue weighted by Crippen LogP contribution is -2.18. The Morgan fingerprint density at radius 1 is 1.40 bits per heavy atom. The molecular weight excluding hydrogens is 124 g/mol. The predicted octanol–water partition coefficient (Wildman–Crippen LogP) is 2.60. The summed E-state index contributed by atoms with van der Waals surface area (Å²) < 4.78 is 5.38. The van der Waals surface area contributed by atoms with Crippen LogP contribution in [0.1, 0.15) is 39.0 Å². The fraction of sp³-hybridized carbons (Fsp3) is 1.00. The van der Waals surface area contributed by atoms with Gasteiger partial charge in [-0.3, -0.25) is 0 Å². The van der Waals surface area contributed by atoms with E-state index in [1.165, 1.54) is 32.1 Å². The molecule has 0 saturated heterocycles. The number of methoxy groups -OCH3 is 1. The SMILES string of the molecule is CCC(OC)C1CCCC1. The third kappa shape index (κ3) is 1.72. The number of hydrogen-bond acceptors (Lipinski definition) is 1. The molecule has 1 nitrogen and oxygen atoms in total. The normalized spacial score (nSPS) is 23.4. The summed E-state index contributed by atoms with van der Waals surface area (Å²) in [5.41, 5.74) is 0. The molecular formula is C9H18O. The van der Waals surface area contributed by atoms with Crippen LogP contribution in [0, 0.1) is 5.92 Å². The summed E-state index contributed by atoms with van der Waals surface area (Å²) in [5, 5.41) is 0. The summed E-state index contributed by atoms with van der Waals surface area (Å²) in [6, 6.07) is 0. The first-order valence-electron chi connectivity index (χ1n) is 4.41. The molecule has 1 fully saturated rings. The predicted molar refractivity (Wildman–Crippen MR) is 43.0 cm³/mol. The first kappa shape index (κ1) is 8.06. The van der Waals surface area contributed by atoms with Crippen LogP contribution in [0.25, 0.3) is 0 Å². The molecule has 1 heteroatoms. The highest BCUT2D eigenvalue weighted by atomic mass is 16.5. The molecule has 0 aromatic rings. The molecule has 0 radical (unpaired) electrons. The smallest absolute Gasteiger partial charge is 0.0596 e. The van der Waals surface area contributed by atoms with E-state index in [2.05, 4.69) is 6.92 Å². The molecule has 0 aromatic heterocycles. The van der Waals surface area contributed by atoms with Crippen LogP contribution in [0.2, 0.25) is 0 Å². The molecule has 0 aromatic carbocycles. The molecule has 0 spiro atoms. The lowest BCUT2D eigenvalue weighted by molar-refractivity contribution is 0.0515. The molecule has 1 saturated carbocycles. The van der Waals surface area contributed by atoms with Crippen molar-refractivity contribution in [2.24, 2.45) is 5.92 Å².